The molecule has 2 rings (SSSR count). The van der Waals surface area contributed by atoms with E-state index in [9.17, 15) is 8.42 Å². The molecule has 0 aliphatic rings. The fourth-order valence-electron chi connectivity index (χ4n) is 1.53. The SMILES string of the molecule is O=S(=O)(Cc1ccccc1)Cc1ccc(Cl)s1. The molecule has 0 bridgehead atoms. The zero-order chi connectivity index (χ0) is 12.3. The molecule has 5 heteroatoms. The molecule has 0 saturated carbocycles. The van der Waals surface area contributed by atoms with Gasteiger partial charge in [0.05, 0.1) is 15.8 Å². The van der Waals surface area contributed by atoms with Crippen LogP contribution in [0.3, 0.4) is 0 Å². The van der Waals surface area contributed by atoms with Crippen molar-refractivity contribution >= 4 is 32.8 Å². The predicted octanol–water partition coefficient (Wildman–Crippen LogP) is 3.52. The van der Waals surface area contributed by atoms with Crippen LogP contribution >= 0.6 is 22.9 Å². The van der Waals surface area contributed by atoms with Crippen molar-refractivity contribution in [2.24, 2.45) is 0 Å². The first kappa shape index (κ1) is 12.6. The Balaban J connectivity index is 2.10. The first-order valence-corrected chi connectivity index (χ1v) is 8.05. The van der Waals surface area contributed by atoms with E-state index in [-0.39, 0.29) is 11.5 Å². The molecular formula is C12H11ClO2S2. The first-order valence-electron chi connectivity index (χ1n) is 5.04. The molecule has 1 aromatic carbocycles. The Labute approximate surface area is 110 Å². The van der Waals surface area contributed by atoms with Gasteiger partial charge in [0, 0.05) is 4.88 Å². The summed E-state index contributed by atoms with van der Waals surface area (Å²) in [5.74, 6) is 0.128. The van der Waals surface area contributed by atoms with Crippen molar-refractivity contribution in [3.8, 4) is 0 Å². The van der Waals surface area contributed by atoms with E-state index >= 15 is 0 Å². The fourth-order valence-corrected chi connectivity index (χ4v) is 4.51. The Morgan fingerprint density at radius 3 is 2.29 bits per heavy atom. The highest BCUT2D eigenvalue weighted by Gasteiger charge is 2.14. The maximum Gasteiger partial charge on any atom is 0.159 e. The minimum Gasteiger partial charge on any atom is -0.228 e. The molecule has 0 atom stereocenters. The van der Waals surface area contributed by atoms with Crippen LogP contribution in [0.2, 0.25) is 4.34 Å². The summed E-state index contributed by atoms with van der Waals surface area (Å²) in [6.45, 7) is 0. The molecule has 90 valence electrons. The van der Waals surface area contributed by atoms with Crippen molar-refractivity contribution in [3.05, 3.63) is 57.2 Å². The molecule has 0 saturated heterocycles. The molecule has 17 heavy (non-hydrogen) atoms. The largest absolute Gasteiger partial charge is 0.228 e. The Bertz CT molecular complexity index is 588. The summed E-state index contributed by atoms with van der Waals surface area (Å²) >= 11 is 7.08. The van der Waals surface area contributed by atoms with E-state index in [1.807, 2.05) is 30.3 Å². The van der Waals surface area contributed by atoms with Gasteiger partial charge in [-0.3, -0.25) is 0 Å². The quantitative estimate of drug-likeness (QED) is 0.862. The van der Waals surface area contributed by atoms with Gasteiger partial charge in [-0.1, -0.05) is 41.9 Å². The molecule has 2 aromatic rings. The highest BCUT2D eigenvalue weighted by atomic mass is 35.5. The van der Waals surface area contributed by atoms with Gasteiger partial charge in [-0.2, -0.15) is 0 Å². The molecule has 0 N–H and O–H groups in total. The van der Waals surface area contributed by atoms with Crippen molar-refractivity contribution in [3.63, 3.8) is 0 Å². The molecule has 2 nitrogen and oxygen atoms in total. The summed E-state index contributed by atoms with van der Waals surface area (Å²) in [5.41, 5.74) is 0.815. The van der Waals surface area contributed by atoms with Gasteiger partial charge >= 0.3 is 0 Å². The Morgan fingerprint density at radius 2 is 1.71 bits per heavy atom. The molecule has 0 spiro atoms. The number of hydrogen-bond acceptors (Lipinski definition) is 3. The second kappa shape index (κ2) is 5.21. The maximum absolute atomic E-state index is 11.9. The van der Waals surface area contributed by atoms with E-state index in [0.29, 0.717) is 4.34 Å². The van der Waals surface area contributed by atoms with E-state index < -0.39 is 9.84 Å². The standard InChI is InChI=1S/C12H11ClO2S2/c13-12-7-6-11(16-12)9-17(14,15)8-10-4-2-1-3-5-10/h1-7H,8-9H2. The number of halogens is 1. The summed E-state index contributed by atoms with van der Waals surface area (Å²) in [5, 5.41) is 0. The summed E-state index contributed by atoms with van der Waals surface area (Å²) in [4.78, 5) is 0.783. The van der Waals surface area contributed by atoms with Gasteiger partial charge in [-0.25, -0.2) is 8.42 Å². The molecule has 0 aliphatic heterocycles. The molecule has 0 fully saturated rings. The summed E-state index contributed by atoms with van der Waals surface area (Å²) in [7, 11) is -3.12. The summed E-state index contributed by atoms with van der Waals surface area (Å²) in [6, 6.07) is 12.7. The van der Waals surface area contributed by atoms with Crippen LogP contribution in [0.1, 0.15) is 10.4 Å². The number of hydrogen-bond donors (Lipinski definition) is 0. The van der Waals surface area contributed by atoms with E-state index in [1.165, 1.54) is 11.3 Å². The molecular weight excluding hydrogens is 276 g/mol. The van der Waals surface area contributed by atoms with Crippen molar-refractivity contribution in [2.75, 3.05) is 0 Å². The molecule has 1 aromatic heterocycles. The van der Waals surface area contributed by atoms with Crippen LogP contribution in [-0.4, -0.2) is 8.42 Å². The third kappa shape index (κ3) is 3.84. The van der Waals surface area contributed by atoms with Crippen LogP contribution in [0.15, 0.2) is 42.5 Å². The van der Waals surface area contributed by atoms with Crippen molar-refractivity contribution in [2.45, 2.75) is 11.5 Å². The van der Waals surface area contributed by atoms with Gasteiger partial charge in [0.15, 0.2) is 9.84 Å². The number of rotatable bonds is 4. The summed E-state index contributed by atoms with van der Waals surface area (Å²) in [6.07, 6.45) is 0. The van der Waals surface area contributed by atoms with Gasteiger partial charge in [0.25, 0.3) is 0 Å². The Hall–Kier alpha value is -0.840. The highest BCUT2D eigenvalue weighted by Crippen LogP contribution is 2.24. The van der Waals surface area contributed by atoms with E-state index in [4.69, 9.17) is 11.6 Å². The van der Waals surface area contributed by atoms with E-state index in [0.717, 1.165) is 10.4 Å². The minimum absolute atomic E-state index is 0.0548. The second-order valence-electron chi connectivity index (χ2n) is 3.72. The van der Waals surface area contributed by atoms with Crippen molar-refractivity contribution in [1.82, 2.24) is 0 Å². The fraction of sp³-hybridized carbons (Fsp3) is 0.167. The Kier molecular flexibility index (Phi) is 3.86. The Morgan fingerprint density at radius 1 is 1.00 bits per heavy atom. The molecule has 1 heterocycles. The van der Waals surface area contributed by atoms with Gasteiger partial charge in [0.1, 0.15) is 0 Å². The number of benzene rings is 1. The second-order valence-corrected chi connectivity index (χ2v) is 7.59. The van der Waals surface area contributed by atoms with Crippen LogP contribution in [0, 0.1) is 0 Å². The molecule has 0 unspecified atom stereocenters. The lowest BCUT2D eigenvalue weighted by Crippen LogP contribution is -2.06. The third-order valence-electron chi connectivity index (χ3n) is 2.22. The predicted molar refractivity (Wildman–Crippen MR) is 72.1 cm³/mol. The maximum atomic E-state index is 11.9. The van der Waals surface area contributed by atoms with Gasteiger partial charge in [-0.05, 0) is 17.7 Å². The zero-order valence-electron chi connectivity index (χ0n) is 8.97. The number of thiophene rings is 1. The van der Waals surface area contributed by atoms with Crippen LogP contribution in [-0.2, 0) is 21.3 Å². The normalized spacial score (nSPS) is 11.6. The zero-order valence-corrected chi connectivity index (χ0v) is 11.4. The average Bonchev–Trinajstić information content (AvgIpc) is 2.63. The average molecular weight is 287 g/mol. The summed E-state index contributed by atoms with van der Waals surface area (Å²) < 4.78 is 24.5. The smallest absolute Gasteiger partial charge is 0.159 e. The van der Waals surface area contributed by atoms with E-state index in [2.05, 4.69) is 0 Å². The van der Waals surface area contributed by atoms with Crippen LogP contribution in [0.4, 0.5) is 0 Å². The monoisotopic (exact) mass is 286 g/mol. The third-order valence-corrected chi connectivity index (χ3v) is 5.16. The minimum atomic E-state index is -3.12. The number of sulfone groups is 1. The first-order chi connectivity index (χ1) is 8.05. The van der Waals surface area contributed by atoms with Crippen LogP contribution in [0.25, 0.3) is 0 Å². The van der Waals surface area contributed by atoms with Gasteiger partial charge in [0.2, 0.25) is 0 Å². The van der Waals surface area contributed by atoms with Crippen molar-refractivity contribution in [1.29, 1.82) is 0 Å². The molecule has 0 aliphatic carbocycles. The van der Waals surface area contributed by atoms with Gasteiger partial charge < -0.3 is 0 Å². The van der Waals surface area contributed by atoms with Crippen LogP contribution < -0.4 is 0 Å². The lowest BCUT2D eigenvalue weighted by molar-refractivity contribution is 0.595. The van der Waals surface area contributed by atoms with Crippen molar-refractivity contribution < 1.29 is 8.42 Å². The molecule has 0 radical (unpaired) electrons. The highest BCUT2D eigenvalue weighted by molar-refractivity contribution is 7.90. The van der Waals surface area contributed by atoms with Gasteiger partial charge in [-0.15, -0.1) is 11.3 Å². The lowest BCUT2D eigenvalue weighted by atomic mass is 10.2. The van der Waals surface area contributed by atoms with E-state index in [1.54, 1.807) is 12.1 Å². The van der Waals surface area contributed by atoms with Crippen LogP contribution in [0.5, 0.6) is 0 Å². The topological polar surface area (TPSA) is 34.1 Å². The molecule has 0 amide bonds. The lowest BCUT2D eigenvalue weighted by Gasteiger charge is -2.02.